The average molecular weight is 468 g/mol. The molecule has 2 heterocycles. The van der Waals surface area contributed by atoms with E-state index in [9.17, 15) is 13.2 Å². The highest BCUT2D eigenvalue weighted by Crippen LogP contribution is 2.22. The quantitative estimate of drug-likeness (QED) is 0.439. The number of hydrogen-bond acceptors (Lipinski definition) is 10. The predicted molar refractivity (Wildman–Crippen MR) is 121 cm³/mol. The third-order valence-electron chi connectivity index (χ3n) is 4.70. The molecular weight excluding hydrogens is 446 g/mol. The number of nitrogens with two attached hydrogens (primary N) is 1. The van der Waals surface area contributed by atoms with Crippen molar-refractivity contribution in [1.29, 1.82) is 0 Å². The summed E-state index contributed by atoms with van der Waals surface area (Å²) in [6.45, 7) is 1.79. The van der Waals surface area contributed by atoms with Crippen LogP contribution < -0.4 is 15.8 Å². The molecule has 0 bridgehead atoms. The first kappa shape index (κ1) is 22.1. The maximum Gasteiger partial charge on any atom is 0.308 e. The number of aliphatic imine (C=N–C) groups is 1. The number of nitrogens with one attached hydrogen (secondary N) is 2. The number of nitrogen functional groups attached to an aromatic ring is 1. The maximum absolute atomic E-state index is 12.1. The van der Waals surface area contributed by atoms with Crippen LogP contribution in [0, 0.1) is 6.92 Å². The van der Waals surface area contributed by atoms with Crippen molar-refractivity contribution in [2.24, 2.45) is 4.99 Å². The van der Waals surface area contributed by atoms with E-state index in [1.54, 1.807) is 18.2 Å². The topological polar surface area (TPSA) is 162 Å². The number of carbonyl (C=O) groups excluding carboxylic acids is 1. The fourth-order valence-electron chi connectivity index (χ4n) is 3.12. The molecule has 3 aromatic rings. The van der Waals surface area contributed by atoms with Gasteiger partial charge >= 0.3 is 5.97 Å². The van der Waals surface area contributed by atoms with Crippen molar-refractivity contribution in [1.82, 2.24) is 19.7 Å². The summed E-state index contributed by atoms with van der Waals surface area (Å²) in [5.74, 6) is 0.0827. The number of anilines is 3. The van der Waals surface area contributed by atoms with E-state index in [4.69, 9.17) is 10.5 Å². The van der Waals surface area contributed by atoms with E-state index in [0.717, 1.165) is 11.3 Å². The number of rotatable bonds is 7. The lowest BCUT2D eigenvalue weighted by Crippen LogP contribution is -2.22. The Labute approximate surface area is 190 Å². The van der Waals surface area contributed by atoms with Crippen LogP contribution in [0.5, 0.6) is 0 Å². The average Bonchev–Trinajstić information content (AvgIpc) is 3.04. The molecule has 2 aromatic carbocycles. The van der Waals surface area contributed by atoms with E-state index in [1.165, 1.54) is 6.07 Å². The summed E-state index contributed by atoms with van der Waals surface area (Å²) in [5.41, 5.74) is 8.04. The van der Waals surface area contributed by atoms with Crippen LogP contribution >= 0.6 is 0 Å². The highest BCUT2D eigenvalue weighted by Gasteiger charge is 2.29. The second-order valence-electron chi connectivity index (χ2n) is 7.12. The van der Waals surface area contributed by atoms with Crippen molar-refractivity contribution in [3.63, 3.8) is 0 Å². The molecule has 170 valence electrons. The molecule has 0 unspecified atom stereocenters. The molecule has 0 saturated carbocycles. The van der Waals surface area contributed by atoms with Crippen LogP contribution in [-0.2, 0) is 26.2 Å². The fraction of sp³-hybridized carbons (Fsp3) is 0.190. The minimum Gasteiger partial charge on any atom is -0.457 e. The molecule has 0 radical (unpaired) electrons. The number of sulfonamides is 1. The standard InChI is InChI=1S/C21H21N7O4S/c1-13-6-2-4-8-15(13)24-21-26-17(25-20(22)27-21)12-32-18(29)10-11-23-19-14-7-3-5-9-16(14)33(30,31)28-19/h2-9H,10-12H2,1H3,(H,23,28)(H3,22,24,25,26,27). The first-order valence-corrected chi connectivity index (χ1v) is 11.5. The van der Waals surface area contributed by atoms with E-state index in [2.05, 4.69) is 30.0 Å². The molecule has 11 nitrogen and oxygen atoms in total. The molecule has 4 N–H and O–H groups in total. The smallest absolute Gasteiger partial charge is 0.308 e. The van der Waals surface area contributed by atoms with Gasteiger partial charge in [-0.1, -0.05) is 30.3 Å². The van der Waals surface area contributed by atoms with Crippen molar-refractivity contribution < 1.29 is 17.9 Å². The molecule has 0 atom stereocenters. The Morgan fingerprint density at radius 1 is 1.12 bits per heavy atom. The van der Waals surface area contributed by atoms with E-state index in [1.807, 2.05) is 31.2 Å². The molecule has 0 saturated heterocycles. The Bertz CT molecular complexity index is 1340. The second kappa shape index (κ2) is 9.20. The van der Waals surface area contributed by atoms with E-state index in [-0.39, 0.29) is 48.0 Å². The monoisotopic (exact) mass is 467 g/mol. The van der Waals surface area contributed by atoms with Gasteiger partial charge in [0.15, 0.2) is 12.4 Å². The molecule has 1 aliphatic rings. The number of nitrogens with zero attached hydrogens (tertiary/aromatic N) is 4. The molecule has 0 amide bonds. The summed E-state index contributed by atoms with van der Waals surface area (Å²) in [4.78, 5) is 28.7. The summed E-state index contributed by atoms with van der Waals surface area (Å²) >= 11 is 0. The fourth-order valence-corrected chi connectivity index (χ4v) is 4.37. The van der Waals surface area contributed by atoms with Crippen molar-refractivity contribution in [3.8, 4) is 0 Å². The normalized spacial score (nSPS) is 15.0. The number of carbonyl (C=O) groups is 1. The van der Waals surface area contributed by atoms with Gasteiger partial charge in [-0.25, -0.2) is 8.42 Å². The number of fused-ring (bicyclic) bond motifs is 1. The van der Waals surface area contributed by atoms with E-state index < -0.39 is 16.0 Å². The van der Waals surface area contributed by atoms with Crippen LogP contribution in [0.4, 0.5) is 17.6 Å². The van der Waals surface area contributed by atoms with Crippen LogP contribution in [0.3, 0.4) is 0 Å². The molecule has 33 heavy (non-hydrogen) atoms. The number of aromatic nitrogens is 3. The first-order valence-electron chi connectivity index (χ1n) is 9.97. The number of para-hydroxylation sites is 1. The van der Waals surface area contributed by atoms with Crippen LogP contribution in [-0.4, -0.2) is 41.7 Å². The first-order chi connectivity index (χ1) is 15.8. The minimum absolute atomic E-state index is 0.00860. The van der Waals surface area contributed by atoms with Gasteiger partial charge in [-0.15, -0.1) is 0 Å². The molecule has 0 fully saturated rings. The van der Waals surface area contributed by atoms with E-state index >= 15 is 0 Å². The second-order valence-corrected chi connectivity index (χ2v) is 8.77. The molecule has 0 aliphatic carbocycles. The molecule has 4 rings (SSSR count). The van der Waals surface area contributed by atoms with Crippen LogP contribution in [0.25, 0.3) is 0 Å². The minimum atomic E-state index is -3.62. The number of hydrogen-bond donors (Lipinski definition) is 3. The zero-order chi connectivity index (χ0) is 23.4. The van der Waals surface area contributed by atoms with Gasteiger partial charge in [0.25, 0.3) is 10.0 Å². The zero-order valence-electron chi connectivity index (χ0n) is 17.6. The molecule has 1 aromatic heterocycles. The lowest BCUT2D eigenvalue weighted by molar-refractivity contribution is -0.144. The number of benzene rings is 2. The van der Waals surface area contributed by atoms with Gasteiger partial charge in [-0.3, -0.25) is 14.5 Å². The number of esters is 1. The van der Waals surface area contributed by atoms with Gasteiger partial charge in [-0.2, -0.15) is 15.0 Å². The maximum atomic E-state index is 12.1. The van der Waals surface area contributed by atoms with Crippen molar-refractivity contribution in [2.75, 3.05) is 17.6 Å². The Morgan fingerprint density at radius 2 is 1.88 bits per heavy atom. The van der Waals surface area contributed by atoms with Gasteiger partial charge in [0.05, 0.1) is 17.9 Å². The van der Waals surface area contributed by atoms with Crippen molar-refractivity contribution in [2.45, 2.75) is 24.8 Å². The predicted octanol–water partition coefficient (Wildman–Crippen LogP) is 1.68. The number of aryl methyl sites for hydroxylation is 1. The van der Waals surface area contributed by atoms with Gasteiger partial charge < -0.3 is 15.8 Å². The van der Waals surface area contributed by atoms with Crippen molar-refractivity contribution >= 4 is 39.4 Å². The summed E-state index contributed by atoms with van der Waals surface area (Å²) in [7, 11) is -3.62. The highest BCUT2D eigenvalue weighted by atomic mass is 32.2. The molecular formula is C21H21N7O4S. The SMILES string of the molecule is Cc1ccccc1Nc1nc(N)nc(COC(=O)CCN=C2NS(=O)(=O)c3ccccc32)n1. The summed E-state index contributed by atoms with van der Waals surface area (Å²) in [5, 5.41) is 3.06. The van der Waals surface area contributed by atoms with Crippen molar-refractivity contribution in [3.05, 3.63) is 65.5 Å². The lowest BCUT2D eigenvalue weighted by atomic mass is 10.2. The Morgan fingerprint density at radius 3 is 2.70 bits per heavy atom. The molecule has 0 spiro atoms. The summed E-state index contributed by atoms with van der Waals surface area (Å²) < 4.78 is 31.8. The number of amidine groups is 1. The number of ether oxygens (including phenoxy) is 1. The Hall–Kier alpha value is -4.06. The van der Waals surface area contributed by atoms with Crippen LogP contribution in [0.2, 0.25) is 0 Å². The molecule has 1 aliphatic heterocycles. The third kappa shape index (κ3) is 5.23. The zero-order valence-corrected chi connectivity index (χ0v) is 18.5. The summed E-state index contributed by atoms with van der Waals surface area (Å²) in [6, 6.07) is 14.1. The Kier molecular flexibility index (Phi) is 6.18. The third-order valence-corrected chi connectivity index (χ3v) is 6.10. The summed E-state index contributed by atoms with van der Waals surface area (Å²) in [6.07, 6.45) is -0.0533. The largest absolute Gasteiger partial charge is 0.457 e. The highest BCUT2D eigenvalue weighted by molar-refractivity contribution is 7.90. The van der Waals surface area contributed by atoms with Gasteiger partial charge in [0.1, 0.15) is 5.84 Å². The molecule has 12 heteroatoms. The van der Waals surface area contributed by atoms with E-state index in [0.29, 0.717) is 5.56 Å². The van der Waals surface area contributed by atoms with Gasteiger partial charge in [-0.05, 0) is 30.7 Å². The van der Waals surface area contributed by atoms with Crippen LogP contribution in [0.1, 0.15) is 23.4 Å². The van der Waals surface area contributed by atoms with Gasteiger partial charge in [0.2, 0.25) is 11.9 Å². The lowest BCUT2D eigenvalue weighted by Gasteiger charge is -2.09. The van der Waals surface area contributed by atoms with Crippen LogP contribution in [0.15, 0.2) is 58.4 Å². The Balaban J connectivity index is 1.34. The van der Waals surface area contributed by atoms with Gasteiger partial charge in [0, 0.05) is 11.3 Å².